The van der Waals surface area contributed by atoms with Crippen LogP contribution in [0.25, 0.3) is 10.9 Å². The van der Waals surface area contributed by atoms with E-state index in [2.05, 4.69) is 58.2 Å². The van der Waals surface area contributed by atoms with E-state index in [4.69, 9.17) is 16.3 Å². The van der Waals surface area contributed by atoms with Gasteiger partial charge in [0, 0.05) is 47.8 Å². The van der Waals surface area contributed by atoms with Crippen molar-refractivity contribution in [3.63, 3.8) is 0 Å². The van der Waals surface area contributed by atoms with E-state index in [-0.39, 0.29) is 12.1 Å². The molecular formula is C26H32ClN3O2. The normalized spacial score (nSPS) is 20.5. The predicted octanol–water partition coefficient (Wildman–Crippen LogP) is 4.62. The summed E-state index contributed by atoms with van der Waals surface area (Å²) in [5, 5.41) is 11.7. The molecule has 1 saturated heterocycles. The maximum Gasteiger partial charge on any atom is 0.119 e. The number of halogens is 1. The van der Waals surface area contributed by atoms with Gasteiger partial charge in [0.25, 0.3) is 0 Å². The van der Waals surface area contributed by atoms with Crippen LogP contribution in [0.2, 0.25) is 5.02 Å². The number of hydrogen-bond donors (Lipinski definition) is 2. The van der Waals surface area contributed by atoms with E-state index in [1.165, 1.54) is 22.2 Å². The number of hydrogen-bond acceptors (Lipinski definition) is 4. The summed E-state index contributed by atoms with van der Waals surface area (Å²) < 4.78 is 6.01. The lowest BCUT2D eigenvalue weighted by Crippen LogP contribution is -2.36. The topological polar surface area (TPSA) is 51.7 Å². The van der Waals surface area contributed by atoms with E-state index >= 15 is 0 Å². The third-order valence-electron chi connectivity index (χ3n) is 6.97. The predicted molar refractivity (Wildman–Crippen MR) is 130 cm³/mol. The zero-order valence-electron chi connectivity index (χ0n) is 18.7. The molecule has 3 heterocycles. The molecule has 1 atom stereocenters. The second kappa shape index (κ2) is 9.44. The lowest BCUT2D eigenvalue weighted by molar-refractivity contribution is 0.0800. The Morgan fingerprint density at radius 2 is 1.88 bits per heavy atom. The maximum absolute atomic E-state index is 9.62. The molecule has 0 spiro atoms. The number of rotatable bonds is 6. The number of aliphatic hydroxyl groups is 1. The van der Waals surface area contributed by atoms with Crippen molar-refractivity contribution in [1.82, 2.24) is 14.8 Å². The Morgan fingerprint density at radius 3 is 2.66 bits per heavy atom. The molecule has 1 unspecified atom stereocenters. The van der Waals surface area contributed by atoms with E-state index in [1.807, 2.05) is 6.07 Å². The first kappa shape index (κ1) is 21.8. The molecule has 5 nitrogen and oxygen atoms in total. The molecule has 0 aliphatic carbocycles. The highest BCUT2D eigenvalue weighted by atomic mass is 35.5. The number of likely N-dealkylation sites (tertiary alicyclic amines) is 1. The monoisotopic (exact) mass is 453 g/mol. The molecule has 2 aliphatic heterocycles. The zero-order chi connectivity index (χ0) is 22.1. The number of piperidine rings is 1. The summed E-state index contributed by atoms with van der Waals surface area (Å²) in [4.78, 5) is 8.49. The zero-order valence-corrected chi connectivity index (χ0v) is 19.4. The fourth-order valence-electron chi connectivity index (χ4n) is 5.17. The van der Waals surface area contributed by atoms with Gasteiger partial charge in [0.2, 0.25) is 0 Å². The lowest BCUT2D eigenvalue weighted by atomic mass is 9.93. The Morgan fingerprint density at radius 1 is 1.09 bits per heavy atom. The highest BCUT2D eigenvalue weighted by Gasteiger charge is 2.29. The van der Waals surface area contributed by atoms with Crippen molar-refractivity contribution in [3.05, 3.63) is 64.3 Å². The maximum atomic E-state index is 9.62. The van der Waals surface area contributed by atoms with Gasteiger partial charge in [0.1, 0.15) is 5.75 Å². The van der Waals surface area contributed by atoms with Crippen LogP contribution in [0.4, 0.5) is 0 Å². The van der Waals surface area contributed by atoms with Crippen LogP contribution in [0.1, 0.15) is 42.1 Å². The molecule has 0 saturated carbocycles. The summed E-state index contributed by atoms with van der Waals surface area (Å²) in [6.07, 6.45) is 3.71. The molecule has 5 rings (SSSR count). The van der Waals surface area contributed by atoms with Gasteiger partial charge in [-0.3, -0.25) is 4.90 Å². The number of ether oxygens (including phenoxy) is 1. The number of nitrogens with zero attached hydrogens (tertiary/aromatic N) is 2. The third-order valence-corrected chi connectivity index (χ3v) is 7.21. The number of H-pyrrole nitrogens is 1. The Bertz CT molecular complexity index is 1060. The van der Waals surface area contributed by atoms with Crippen molar-refractivity contribution in [1.29, 1.82) is 0 Å². The first-order valence-corrected chi connectivity index (χ1v) is 12.1. The van der Waals surface area contributed by atoms with Gasteiger partial charge in [0.05, 0.1) is 18.8 Å². The highest BCUT2D eigenvalue weighted by molar-refractivity contribution is 6.31. The lowest BCUT2D eigenvalue weighted by Gasteiger charge is -2.33. The minimum atomic E-state index is -0.109. The summed E-state index contributed by atoms with van der Waals surface area (Å²) in [5.41, 5.74) is 5.08. The molecule has 1 aromatic heterocycles. The summed E-state index contributed by atoms with van der Waals surface area (Å²) in [7, 11) is 2.19. The second-order valence-electron chi connectivity index (χ2n) is 9.18. The van der Waals surface area contributed by atoms with Crippen LogP contribution in [0.3, 0.4) is 0 Å². The van der Waals surface area contributed by atoms with Crippen molar-refractivity contribution >= 4 is 22.5 Å². The van der Waals surface area contributed by atoms with E-state index in [0.717, 1.165) is 68.2 Å². The standard InChI is InChI=1S/C26H32ClN3O2/c1-29-13-11-22-23-17-19(27)5-8-24(23)28-25(22)26(29)18-3-6-21(7-4-18)32-16-2-12-30-14-9-20(31)10-15-30/h3-8,17,20,26,28,31H,2,9-16H2,1H3. The molecule has 0 bridgehead atoms. The first-order valence-electron chi connectivity index (χ1n) is 11.7. The molecule has 2 aromatic carbocycles. The number of aromatic amines is 1. The van der Waals surface area contributed by atoms with Crippen molar-refractivity contribution in [2.24, 2.45) is 0 Å². The Labute approximate surface area is 194 Å². The average Bonchev–Trinajstić information content (AvgIpc) is 3.16. The highest BCUT2D eigenvalue weighted by Crippen LogP contribution is 2.38. The molecular weight excluding hydrogens is 422 g/mol. The summed E-state index contributed by atoms with van der Waals surface area (Å²) in [5.74, 6) is 0.921. The number of aromatic nitrogens is 1. The van der Waals surface area contributed by atoms with Gasteiger partial charge in [-0.1, -0.05) is 23.7 Å². The first-order chi connectivity index (χ1) is 15.6. The molecule has 3 aromatic rings. The Hall–Kier alpha value is -2.05. The van der Waals surface area contributed by atoms with Crippen molar-refractivity contribution in [2.45, 2.75) is 37.8 Å². The van der Waals surface area contributed by atoms with Gasteiger partial charge < -0.3 is 19.7 Å². The van der Waals surface area contributed by atoms with Gasteiger partial charge in [0.15, 0.2) is 0 Å². The quantitative estimate of drug-likeness (QED) is 0.534. The Kier molecular flexibility index (Phi) is 6.42. The molecule has 1 fully saturated rings. The number of fused-ring (bicyclic) bond motifs is 3. The second-order valence-corrected chi connectivity index (χ2v) is 9.62. The Balaban J connectivity index is 1.24. The third kappa shape index (κ3) is 4.53. The summed E-state index contributed by atoms with van der Waals surface area (Å²) >= 11 is 6.27. The van der Waals surface area contributed by atoms with Crippen molar-refractivity contribution < 1.29 is 9.84 Å². The van der Waals surface area contributed by atoms with E-state index in [1.54, 1.807) is 0 Å². The van der Waals surface area contributed by atoms with Crippen LogP contribution >= 0.6 is 11.6 Å². The number of likely N-dealkylation sites (N-methyl/N-ethyl adjacent to an activating group) is 1. The fourth-order valence-corrected chi connectivity index (χ4v) is 5.34. The van der Waals surface area contributed by atoms with Crippen LogP contribution in [0.5, 0.6) is 5.75 Å². The van der Waals surface area contributed by atoms with E-state index in [9.17, 15) is 5.11 Å². The van der Waals surface area contributed by atoms with Gasteiger partial charge in [-0.2, -0.15) is 0 Å². The molecule has 32 heavy (non-hydrogen) atoms. The van der Waals surface area contributed by atoms with Crippen molar-refractivity contribution in [2.75, 3.05) is 39.8 Å². The molecule has 2 N–H and O–H groups in total. The largest absolute Gasteiger partial charge is 0.494 e. The fraction of sp³-hybridized carbons (Fsp3) is 0.462. The van der Waals surface area contributed by atoms with Crippen LogP contribution in [0, 0.1) is 0 Å². The average molecular weight is 454 g/mol. The van der Waals surface area contributed by atoms with Crippen LogP contribution < -0.4 is 4.74 Å². The summed E-state index contributed by atoms with van der Waals surface area (Å²) in [6, 6.07) is 14.9. The van der Waals surface area contributed by atoms with Crippen LogP contribution in [-0.4, -0.2) is 65.8 Å². The van der Waals surface area contributed by atoms with E-state index < -0.39 is 0 Å². The van der Waals surface area contributed by atoms with E-state index in [0.29, 0.717) is 6.61 Å². The molecule has 0 radical (unpaired) electrons. The SMILES string of the molecule is CN1CCc2c([nH]c3ccc(Cl)cc23)C1c1ccc(OCCCN2CCC(O)CC2)cc1. The smallest absolute Gasteiger partial charge is 0.119 e. The van der Waals surface area contributed by atoms with Gasteiger partial charge in [-0.05, 0) is 74.2 Å². The number of nitrogens with one attached hydrogen (secondary N) is 1. The minimum absolute atomic E-state index is 0.109. The minimum Gasteiger partial charge on any atom is -0.494 e. The van der Waals surface area contributed by atoms with Gasteiger partial charge in [-0.25, -0.2) is 0 Å². The number of aliphatic hydroxyl groups excluding tert-OH is 1. The van der Waals surface area contributed by atoms with Crippen LogP contribution in [0.15, 0.2) is 42.5 Å². The molecule has 170 valence electrons. The van der Waals surface area contributed by atoms with Crippen LogP contribution in [-0.2, 0) is 6.42 Å². The molecule has 2 aliphatic rings. The van der Waals surface area contributed by atoms with Gasteiger partial charge >= 0.3 is 0 Å². The summed E-state index contributed by atoms with van der Waals surface area (Å²) in [6.45, 7) is 4.75. The van der Waals surface area contributed by atoms with Crippen molar-refractivity contribution in [3.8, 4) is 5.75 Å². The number of benzene rings is 2. The molecule has 6 heteroatoms. The van der Waals surface area contributed by atoms with Gasteiger partial charge in [-0.15, -0.1) is 0 Å². The molecule has 0 amide bonds.